The lowest BCUT2D eigenvalue weighted by molar-refractivity contribution is 0.0748. The minimum absolute atomic E-state index is 0.123. The van der Waals surface area contributed by atoms with E-state index < -0.39 is 0 Å². The number of nitrogens with two attached hydrogens (primary N) is 1. The quantitative estimate of drug-likeness (QED) is 0.906. The molecule has 100 valence electrons. The van der Waals surface area contributed by atoms with E-state index in [1.165, 1.54) is 11.3 Å². The molecular weight excluding hydrogens is 246 g/mol. The fourth-order valence-corrected chi connectivity index (χ4v) is 3.45. The monoisotopic (exact) mass is 267 g/mol. The molecule has 0 spiro atoms. The first kappa shape index (κ1) is 13.5. The fraction of sp³-hybridized carbons (Fsp3) is 0.692. The lowest BCUT2D eigenvalue weighted by Gasteiger charge is -2.20. The van der Waals surface area contributed by atoms with E-state index in [0.717, 1.165) is 35.7 Å². The zero-order chi connectivity index (χ0) is 13.1. The number of aryl methyl sites for hydroxylation is 1. The summed E-state index contributed by atoms with van der Waals surface area (Å²) >= 11 is 1.53. The van der Waals surface area contributed by atoms with E-state index in [4.69, 9.17) is 5.73 Å². The van der Waals surface area contributed by atoms with Crippen LogP contribution in [0.2, 0.25) is 0 Å². The predicted molar refractivity (Wildman–Crippen MR) is 73.8 cm³/mol. The van der Waals surface area contributed by atoms with Gasteiger partial charge in [0, 0.05) is 12.6 Å². The van der Waals surface area contributed by atoms with Crippen molar-refractivity contribution in [3.05, 3.63) is 16.1 Å². The van der Waals surface area contributed by atoms with Crippen LogP contribution in [0.1, 0.15) is 41.4 Å². The topological polar surface area (TPSA) is 59.2 Å². The number of likely N-dealkylation sites (tertiary alicyclic amines) is 1. The Morgan fingerprint density at radius 2 is 2.44 bits per heavy atom. The van der Waals surface area contributed by atoms with Gasteiger partial charge < -0.3 is 10.6 Å². The number of hydrogen-bond donors (Lipinski definition) is 1. The average molecular weight is 267 g/mol. The van der Waals surface area contributed by atoms with Crippen LogP contribution in [0, 0.1) is 5.92 Å². The Labute approximate surface area is 112 Å². The van der Waals surface area contributed by atoms with E-state index in [-0.39, 0.29) is 5.91 Å². The number of carbonyl (C=O) groups is 1. The molecule has 0 radical (unpaired) electrons. The van der Waals surface area contributed by atoms with Gasteiger partial charge >= 0.3 is 0 Å². The first-order chi connectivity index (χ1) is 8.65. The molecule has 1 aliphatic heterocycles. The highest BCUT2D eigenvalue weighted by molar-refractivity contribution is 7.13. The summed E-state index contributed by atoms with van der Waals surface area (Å²) < 4.78 is 0. The van der Waals surface area contributed by atoms with Gasteiger partial charge in [0.15, 0.2) is 0 Å². The minimum Gasteiger partial charge on any atom is -0.335 e. The Bertz CT molecular complexity index is 418. The van der Waals surface area contributed by atoms with Crippen molar-refractivity contribution < 1.29 is 4.79 Å². The highest BCUT2D eigenvalue weighted by Gasteiger charge is 2.32. The van der Waals surface area contributed by atoms with Crippen LogP contribution >= 0.6 is 11.3 Å². The highest BCUT2D eigenvalue weighted by Crippen LogP contribution is 2.26. The number of rotatable bonds is 4. The molecule has 18 heavy (non-hydrogen) atoms. The van der Waals surface area contributed by atoms with Crippen LogP contribution in [0.5, 0.6) is 0 Å². The second-order valence-electron chi connectivity index (χ2n) is 5.01. The predicted octanol–water partition coefficient (Wildman–Crippen LogP) is 1.90. The lowest BCUT2D eigenvalue weighted by Crippen LogP contribution is -2.33. The van der Waals surface area contributed by atoms with E-state index in [1.807, 2.05) is 4.90 Å². The molecule has 0 aromatic carbocycles. The Morgan fingerprint density at radius 1 is 1.67 bits per heavy atom. The lowest BCUT2D eigenvalue weighted by atomic mass is 10.1. The zero-order valence-corrected chi connectivity index (χ0v) is 11.9. The molecule has 2 N–H and O–H groups in total. The molecule has 1 saturated heterocycles. The molecule has 4 nitrogen and oxygen atoms in total. The van der Waals surface area contributed by atoms with Crippen molar-refractivity contribution in [3.8, 4) is 0 Å². The van der Waals surface area contributed by atoms with Gasteiger partial charge in [-0.05, 0) is 38.6 Å². The maximum absolute atomic E-state index is 12.4. The second kappa shape index (κ2) is 5.80. The van der Waals surface area contributed by atoms with E-state index in [0.29, 0.717) is 18.5 Å². The van der Waals surface area contributed by atoms with Gasteiger partial charge in [0.2, 0.25) is 0 Å². The van der Waals surface area contributed by atoms with Crippen LogP contribution in [0.3, 0.4) is 0 Å². The summed E-state index contributed by atoms with van der Waals surface area (Å²) in [5, 5.41) is 1.06. The SMILES string of the molecule is CCCc1ncc(C(=O)N2CC(CN)CC2C)s1. The number of nitrogens with zero attached hydrogens (tertiary/aromatic N) is 2. The van der Waals surface area contributed by atoms with E-state index in [9.17, 15) is 4.79 Å². The summed E-state index contributed by atoms with van der Waals surface area (Å²) in [6, 6.07) is 0.294. The normalized spacial score (nSPS) is 23.6. The molecule has 2 unspecified atom stereocenters. The number of amides is 1. The standard InChI is InChI=1S/C13H21N3OS/c1-3-4-12-15-7-11(18-12)13(17)16-8-10(6-14)5-9(16)2/h7,9-10H,3-6,8,14H2,1-2H3. The van der Waals surface area contributed by atoms with E-state index in [2.05, 4.69) is 18.8 Å². The van der Waals surface area contributed by atoms with E-state index >= 15 is 0 Å². The molecule has 1 amide bonds. The minimum atomic E-state index is 0.123. The Kier molecular flexibility index (Phi) is 4.35. The van der Waals surface area contributed by atoms with Gasteiger partial charge in [-0.15, -0.1) is 11.3 Å². The van der Waals surface area contributed by atoms with Gasteiger partial charge in [-0.3, -0.25) is 4.79 Å². The summed E-state index contributed by atoms with van der Waals surface area (Å²) in [6.07, 6.45) is 4.76. The summed E-state index contributed by atoms with van der Waals surface area (Å²) in [5.74, 6) is 0.574. The molecule has 5 heteroatoms. The van der Waals surface area contributed by atoms with Crippen molar-refractivity contribution in [2.75, 3.05) is 13.1 Å². The Hall–Kier alpha value is -0.940. The number of aromatic nitrogens is 1. The third kappa shape index (κ3) is 2.72. The van der Waals surface area contributed by atoms with Crippen molar-refractivity contribution >= 4 is 17.2 Å². The van der Waals surface area contributed by atoms with Crippen molar-refractivity contribution in [3.63, 3.8) is 0 Å². The number of carbonyl (C=O) groups excluding carboxylic acids is 1. The van der Waals surface area contributed by atoms with Crippen molar-refractivity contribution in [2.45, 2.75) is 39.2 Å². The molecule has 0 aliphatic carbocycles. The van der Waals surface area contributed by atoms with Gasteiger partial charge in [-0.25, -0.2) is 4.98 Å². The molecule has 2 rings (SSSR count). The van der Waals surface area contributed by atoms with Gasteiger partial charge in [-0.1, -0.05) is 6.92 Å². The maximum atomic E-state index is 12.4. The molecule has 1 aliphatic rings. The molecular formula is C13H21N3OS. The van der Waals surface area contributed by atoms with Gasteiger partial charge in [-0.2, -0.15) is 0 Å². The van der Waals surface area contributed by atoms with Crippen LogP contribution in [0.15, 0.2) is 6.20 Å². The summed E-state index contributed by atoms with van der Waals surface area (Å²) in [6.45, 7) is 5.67. The van der Waals surface area contributed by atoms with Crippen molar-refractivity contribution in [1.29, 1.82) is 0 Å². The van der Waals surface area contributed by atoms with Crippen LogP contribution in [-0.2, 0) is 6.42 Å². The van der Waals surface area contributed by atoms with Crippen LogP contribution in [0.4, 0.5) is 0 Å². The summed E-state index contributed by atoms with van der Waals surface area (Å²) in [5.41, 5.74) is 5.69. The van der Waals surface area contributed by atoms with E-state index in [1.54, 1.807) is 6.20 Å². The molecule has 2 atom stereocenters. The third-order valence-electron chi connectivity index (χ3n) is 3.48. The van der Waals surface area contributed by atoms with Gasteiger partial charge in [0.25, 0.3) is 5.91 Å². The van der Waals surface area contributed by atoms with Crippen LogP contribution in [0.25, 0.3) is 0 Å². The fourth-order valence-electron chi connectivity index (χ4n) is 2.48. The molecule has 0 saturated carbocycles. The maximum Gasteiger partial charge on any atom is 0.265 e. The number of hydrogen-bond acceptors (Lipinski definition) is 4. The van der Waals surface area contributed by atoms with Crippen LogP contribution in [-0.4, -0.2) is 34.9 Å². The highest BCUT2D eigenvalue weighted by atomic mass is 32.1. The first-order valence-electron chi connectivity index (χ1n) is 6.61. The molecule has 1 aromatic rings. The number of thiazole rings is 1. The molecule has 1 fully saturated rings. The van der Waals surface area contributed by atoms with Gasteiger partial charge in [0.05, 0.1) is 11.2 Å². The van der Waals surface area contributed by atoms with Crippen LogP contribution < -0.4 is 5.73 Å². The molecule has 1 aromatic heterocycles. The Balaban J connectivity index is 2.06. The van der Waals surface area contributed by atoms with Crippen molar-refractivity contribution in [1.82, 2.24) is 9.88 Å². The first-order valence-corrected chi connectivity index (χ1v) is 7.43. The van der Waals surface area contributed by atoms with Crippen molar-refractivity contribution in [2.24, 2.45) is 11.7 Å². The molecule has 2 heterocycles. The summed E-state index contributed by atoms with van der Waals surface area (Å²) in [4.78, 5) is 19.4. The third-order valence-corrected chi connectivity index (χ3v) is 4.53. The smallest absolute Gasteiger partial charge is 0.265 e. The van der Waals surface area contributed by atoms with Gasteiger partial charge in [0.1, 0.15) is 4.88 Å². The summed E-state index contributed by atoms with van der Waals surface area (Å²) in [7, 11) is 0. The zero-order valence-electron chi connectivity index (χ0n) is 11.1. The molecule has 0 bridgehead atoms. The largest absolute Gasteiger partial charge is 0.335 e. The average Bonchev–Trinajstić information content (AvgIpc) is 2.95. The second-order valence-corrected chi connectivity index (χ2v) is 6.13. The Morgan fingerprint density at radius 3 is 3.06 bits per heavy atom.